The predicted molar refractivity (Wildman–Crippen MR) is 106 cm³/mol. The first-order chi connectivity index (χ1) is 13.6. The van der Waals surface area contributed by atoms with E-state index in [0.717, 1.165) is 12.3 Å². The molecular formula is C22H29N3O3. The molecule has 3 rings (SSSR count). The molecule has 150 valence electrons. The number of rotatable bonds is 6. The normalized spacial score (nSPS) is 18.6. The lowest BCUT2D eigenvalue weighted by Gasteiger charge is -2.36. The van der Waals surface area contributed by atoms with E-state index in [9.17, 15) is 9.59 Å². The fourth-order valence-electron chi connectivity index (χ4n) is 4.08. The number of hydrogen-bond acceptors (Lipinski definition) is 4. The molecule has 0 bridgehead atoms. The Kier molecular flexibility index (Phi) is 6.91. The minimum atomic E-state index is -0.599. The van der Waals surface area contributed by atoms with E-state index in [2.05, 4.69) is 6.07 Å². The molecule has 0 radical (unpaired) electrons. The van der Waals surface area contributed by atoms with Crippen molar-refractivity contribution in [2.45, 2.75) is 51.6 Å². The standard InChI is InChI=1S/C22H29N3O3/c1-17(28-20-9-6-19(16-23)7-10-20)22(27)25-14-12-24(13-15-25)21(26)11-8-18-4-2-3-5-18/h6-7,9-10,17-18H,2-5,8,11-15H2,1H3. The average Bonchev–Trinajstić information content (AvgIpc) is 3.26. The van der Waals surface area contributed by atoms with E-state index in [1.54, 1.807) is 36.1 Å². The molecule has 1 atom stereocenters. The third-order valence-corrected chi connectivity index (χ3v) is 5.83. The van der Waals surface area contributed by atoms with Crippen LogP contribution in [0.15, 0.2) is 24.3 Å². The monoisotopic (exact) mass is 383 g/mol. The zero-order valence-electron chi connectivity index (χ0n) is 16.6. The highest BCUT2D eigenvalue weighted by molar-refractivity contribution is 5.81. The fourth-order valence-corrected chi connectivity index (χ4v) is 4.08. The molecule has 1 saturated heterocycles. The van der Waals surface area contributed by atoms with Crippen molar-refractivity contribution >= 4 is 11.8 Å². The Balaban J connectivity index is 1.42. The zero-order valence-corrected chi connectivity index (χ0v) is 16.6. The van der Waals surface area contributed by atoms with Gasteiger partial charge in [0.1, 0.15) is 5.75 Å². The summed E-state index contributed by atoms with van der Waals surface area (Å²) in [6.45, 7) is 4.03. The van der Waals surface area contributed by atoms with Crippen LogP contribution in [0.5, 0.6) is 5.75 Å². The van der Waals surface area contributed by atoms with Crippen molar-refractivity contribution in [2.24, 2.45) is 5.92 Å². The molecule has 1 unspecified atom stereocenters. The minimum absolute atomic E-state index is 0.0672. The van der Waals surface area contributed by atoms with Gasteiger partial charge in [-0.2, -0.15) is 5.26 Å². The van der Waals surface area contributed by atoms with E-state index in [0.29, 0.717) is 43.9 Å². The first-order valence-electron chi connectivity index (χ1n) is 10.3. The van der Waals surface area contributed by atoms with E-state index < -0.39 is 6.10 Å². The number of nitriles is 1. The minimum Gasteiger partial charge on any atom is -0.481 e. The van der Waals surface area contributed by atoms with Gasteiger partial charge in [-0.05, 0) is 43.5 Å². The van der Waals surface area contributed by atoms with E-state index in [1.165, 1.54) is 25.7 Å². The van der Waals surface area contributed by atoms with Crippen LogP contribution in [0.2, 0.25) is 0 Å². The molecule has 0 spiro atoms. The van der Waals surface area contributed by atoms with Gasteiger partial charge in [-0.25, -0.2) is 0 Å². The molecule has 28 heavy (non-hydrogen) atoms. The number of benzene rings is 1. The number of ether oxygens (including phenoxy) is 1. The van der Waals surface area contributed by atoms with E-state index in [1.807, 2.05) is 4.90 Å². The van der Waals surface area contributed by atoms with Gasteiger partial charge in [0.15, 0.2) is 6.10 Å². The van der Waals surface area contributed by atoms with Crippen LogP contribution in [0.25, 0.3) is 0 Å². The molecule has 6 nitrogen and oxygen atoms in total. The number of carbonyl (C=O) groups is 2. The van der Waals surface area contributed by atoms with Crippen LogP contribution in [0.4, 0.5) is 0 Å². The van der Waals surface area contributed by atoms with Gasteiger partial charge in [0.05, 0.1) is 11.6 Å². The van der Waals surface area contributed by atoms with Crippen molar-refractivity contribution in [3.05, 3.63) is 29.8 Å². The van der Waals surface area contributed by atoms with Crippen molar-refractivity contribution in [3.8, 4) is 11.8 Å². The number of hydrogen-bond donors (Lipinski definition) is 0. The van der Waals surface area contributed by atoms with Crippen LogP contribution in [0.1, 0.15) is 51.0 Å². The van der Waals surface area contributed by atoms with Crippen LogP contribution in [-0.4, -0.2) is 53.9 Å². The maximum Gasteiger partial charge on any atom is 0.263 e. The lowest BCUT2D eigenvalue weighted by Crippen LogP contribution is -2.53. The van der Waals surface area contributed by atoms with Crippen molar-refractivity contribution < 1.29 is 14.3 Å². The summed E-state index contributed by atoms with van der Waals surface area (Å²) in [4.78, 5) is 28.7. The first-order valence-corrected chi connectivity index (χ1v) is 10.3. The van der Waals surface area contributed by atoms with Gasteiger partial charge < -0.3 is 14.5 Å². The fraction of sp³-hybridized carbons (Fsp3) is 0.591. The molecule has 2 aliphatic rings. The summed E-state index contributed by atoms with van der Waals surface area (Å²) in [5.74, 6) is 1.45. The summed E-state index contributed by atoms with van der Waals surface area (Å²) >= 11 is 0. The van der Waals surface area contributed by atoms with Gasteiger partial charge >= 0.3 is 0 Å². The summed E-state index contributed by atoms with van der Waals surface area (Å²) in [5, 5.41) is 8.84. The van der Waals surface area contributed by atoms with Crippen molar-refractivity contribution in [1.82, 2.24) is 9.80 Å². The Labute approximate surface area is 167 Å². The first kappa shape index (κ1) is 20.2. The summed E-state index contributed by atoms with van der Waals surface area (Å²) in [5.41, 5.74) is 0.556. The maximum atomic E-state index is 12.6. The smallest absolute Gasteiger partial charge is 0.263 e. The molecule has 1 aliphatic heterocycles. The third-order valence-electron chi connectivity index (χ3n) is 5.83. The molecule has 1 aromatic carbocycles. The predicted octanol–water partition coefficient (Wildman–Crippen LogP) is 2.97. The molecule has 0 N–H and O–H groups in total. The second kappa shape index (κ2) is 9.59. The SMILES string of the molecule is CC(Oc1ccc(C#N)cc1)C(=O)N1CCN(C(=O)CCC2CCCC2)CC1. The second-order valence-electron chi connectivity index (χ2n) is 7.79. The van der Waals surface area contributed by atoms with E-state index in [4.69, 9.17) is 10.00 Å². The van der Waals surface area contributed by atoms with Crippen LogP contribution in [0.3, 0.4) is 0 Å². The molecule has 1 aromatic rings. The van der Waals surface area contributed by atoms with E-state index >= 15 is 0 Å². The highest BCUT2D eigenvalue weighted by Crippen LogP contribution is 2.28. The molecule has 1 saturated carbocycles. The summed E-state index contributed by atoms with van der Waals surface area (Å²) in [6.07, 6.45) is 6.20. The number of amides is 2. The Morgan fingerprint density at radius 2 is 1.71 bits per heavy atom. The van der Waals surface area contributed by atoms with Gasteiger partial charge in [0.2, 0.25) is 5.91 Å². The number of piperazine rings is 1. The Hall–Kier alpha value is -2.55. The quantitative estimate of drug-likeness (QED) is 0.757. The Bertz CT molecular complexity index is 712. The van der Waals surface area contributed by atoms with Gasteiger partial charge in [0.25, 0.3) is 5.91 Å². The largest absolute Gasteiger partial charge is 0.481 e. The van der Waals surface area contributed by atoms with Gasteiger partial charge in [-0.3, -0.25) is 9.59 Å². The van der Waals surface area contributed by atoms with Gasteiger partial charge in [0, 0.05) is 32.6 Å². The van der Waals surface area contributed by atoms with Crippen LogP contribution < -0.4 is 4.74 Å². The average molecular weight is 383 g/mol. The molecule has 2 amide bonds. The zero-order chi connectivity index (χ0) is 19.9. The molecule has 6 heteroatoms. The molecule has 2 fully saturated rings. The third kappa shape index (κ3) is 5.25. The Morgan fingerprint density at radius 1 is 1.11 bits per heavy atom. The summed E-state index contributed by atoms with van der Waals surface area (Å²) < 4.78 is 5.72. The van der Waals surface area contributed by atoms with Gasteiger partial charge in [-0.1, -0.05) is 25.7 Å². The van der Waals surface area contributed by atoms with Crippen molar-refractivity contribution in [2.75, 3.05) is 26.2 Å². The van der Waals surface area contributed by atoms with Gasteiger partial charge in [-0.15, -0.1) is 0 Å². The number of nitrogens with zero attached hydrogens (tertiary/aromatic N) is 3. The highest BCUT2D eigenvalue weighted by Gasteiger charge is 2.28. The topological polar surface area (TPSA) is 73.6 Å². The lowest BCUT2D eigenvalue weighted by atomic mass is 10.0. The van der Waals surface area contributed by atoms with Crippen LogP contribution in [0, 0.1) is 17.2 Å². The lowest BCUT2D eigenvalue weighted by molar-refractivity contribution is -0.143. The van der Waals surface area contributed by atoms with Crippen LogP contribution >= 0.6 is 0 Å². The van der Waals surface area contributed by atoms with Crippen molar-refractivity contribution in [3.63, 3.8) is 0 Å². The highest BCUT2D eigenvalue weighted by atomic mass is 16.5. The Morgan fingerprint density at radius 3 is 2.32 bits per heavy atom. The second-order valence-corrected chi connectivity index (χ2v) is 7.79. The summed E-state index contributed by atoms with van der Waals surface area (Å²) in [7, 11) is 0. The molecule has 0 aromatic heterocycles. The van der Waals surface area contributed by atoms with Crippen LogP contribution in [-0.2, 0) is 9.59 Å². The number of carbonyl (C=O) groups excluding carboxylic acids is 2. The molecular weight excluding hydrogens is 354 g/mol. The van der Waals surface area contributed by atoms with E-state index in [-0.39, 0.29) is 11.8 Å². The summed E-state index contributed by atoms with van der Waals surface area (Å²) in [6, 6.07) is 8.79. The molecule has 1 aliphatic carbocycles. The molecule has 1 heterocycles. The van der Waals surface area contributed by atoms with Crippen molar-refractivity contribution in [1.29, 1.82) is 5.26 Å². The maximum absolute atomic E-state index is 12.6.